The summed E-state index contributed by atoms with van der Waals surface area (Å²) >= 11 is 0. The van der Waals surface area contributed by atoms with E-state index in [1.165, 1.54) is 321 Å². The van der Waals surface area contributed by atoms with Gasteiger partial charge in [-0.1, -0.05) is 354 Å². The number of aliphatic hydroxyl groups is 2. The van der Waals surface area contributed by atoms with Crippen LogP contribution in [0.25, 0.3) is 0 Å². The van der Waals surface area contributed by atoms with Gasteiger partial charge in [-0.3, -0.25) is 9.59 Å². The Kier molecular flexibility index (Phi) is 62.4. The number of nitrogens with one attached hydrogen (secondary N) is 1. The van der Waals surface area contributed by atoms with Crippen molar-refractivity contribution in [3.8, 4) is 0 Å². The Morgan fingerprint density at radius 2 is 0.562 bits per heavy atom. The third kappa shape index (κ3) is 60.0. The second-order valence-electron chi connectivity index (χ2n) is 23.5. The number of unbranched alkanes of at least 4 members (excludes halogenated alkanes) is 53. The van der Waals surface area contributed by atoms with Gasteiger partial charge >= 0.3 is 5.97 Å². The van der Waals surface area contributed by atoms with Crippen LogP contribution in [0.1, 0.15) is 393 Å². The number of hydrogen-bond acceptors (Lipinski definition) is 5. The van der Waals surface area contributed by atoms with Gasteiger partial charge in [0.25, 0.3) is 0 Å². The van der Waals surface area contributed by atoms with Crippen molar-refractivity contribution in [2.75, 3.05) is 13.2 Å². The zero-order valence-corrected chi connectivity index (χ0v) is 49.9. The fourth-order valence-electron chi connectivity index (χ4n) is 11.0. The number of amides is 1. The summed E-state index contributed by atoms with van der Waals surface area (Å²) in [6.07, 6.45) is 75.6. The summed E-state index contributed by atoms with van der Waals surface area (Å²) in [7, 11) is 0. The first-order valence-corrected chi connectivity index (χ1v) is 33.8. The minimum Gasteiger partial charge on any atom is -0.466 e. The summed E-state index contributed by atoms with van der Waals surface area (Å²) in [6, 6.07) is -0.539. The minimum absolute atomic E-state index is 0.0202. The monoisotopic (exact) mass is 1030 g/mol. The van der Waals surface area contributed by atoms with Gasteiger partial charge < -0.3 is 20.3 Å². The van der Waals surface area contributed by atoms with Gasteiger partial charge in [0.15, 0.2) is 0 Å². The van der Waals surface area contributed by atoms with E-state index in [-0.39, 0.29) is 18.5 Å². The Hall–Kier alpha value is -1.14. The molecule has 2 atom stereocenters. The Labute approximate surface area is 457 Å². The lowest BCUT2D eigenvalue weighted by Crippen LogP contribution is -2.45. The second kappa shape index (κ2) is 63.4. The maximum atomic E-state index is 12.5. The molecule has 0 rings (SSSR count). The zero-order chi connectivity index (χ0) is 52.9. The average Bonchev–Trinajstić information content (AvgIpc) is 3.39. The summed E-state index contributed by atoms with van der Waals surface area (Å²) in [4.78, 5) is 24.6. The van der Waals surface area contributed by atoms with Crippen LogP contribution >= 0.6 is 0 Å². The molecule has 0 aromatic carbocycles. The SMILES string of the molecule is CCCCCCCCCCCCCCCCCCC(=O)OCCCCCCCCCCCCCCCCCCCCCCCCCCC(=O)NC(CO)C(O)CCCCCCCCCCCCCCCCCC. The molecule has 2 unspecified atom stereocenters. The van der Waals surface area contributed by atoms with Crippen LogP contribution in [0.4, 0.5) is 0 Å². The summed E-state index contributed by atoms with van der Waals surface area (Å²) in [5.41, 5.74) is 0. The molecule has 0 aliphatic rings. The fourth-order valence-corrected chi connectivity index (χ4v) is 11.0. The number of hydrogen-bond donors (Lipinski definition) is 3. The summed E-state index contributed by atoms with van der Waals surface area (Å²) in [5.74, 6) is -0.00967. The molecule has 0 aromatic heterocycles. The number of ether oxygens (including phenoxy) is 1. The standard InChI is InChI=1S/C67H133NO5/c1-3-5-7-9-11-13-15-17-19-31-35-39-43-47-51-55-59-65(70)64(63-69)68-66(71)60-56-52-48-44-40-36-32-29-27-25-23-21-22-24-26-28-30-34-38-42-46-50-54-58-62-73-67(72)61-57-53-49-45-41-37-33-20-18-16-14-12-10-8-6-4-2/h64-65,69-70H,3-63H2,1-2H3,(H,68,71). The zero-order valence-electron chi connectivity index (χ0n) is 49.9. The van der Waals surface area contributed by atoms with E-state index < -0.39 is 12.1 Å². The van der Waals surface area contributed by atoms with Gasteiger partial charge in [0.2, 0.25) is 5.91 Å². The van der Waals surface area contributed by atoms with Gasteiger partial charge in [0.1, 0.15) is 0 Å². The van der Waals surface area contributed by atoms with Crippen molar-refractivity contribution in [2.24, 2.45) is 0 Å². The van der Waals surface area contributed by atoms with Crippen LogP contribution in [0, 0.1) is 0 Å². The quantitative estimate of drug-likeness (QED) is 0.0417. The van der Waals surface area contributed by atoms with Crippen LogP contribution < -0.4 is 5.32 Å². The van der Waals surface area contributed by atoms with E-state index in [9.17, 15) is 19.8 Å². The van der Waals surface area contributed by atoms with E-state index in [0.29, 0.717) is 25.9 Å². The predicted octanol–water partition coefficient (Wildman–Crippen LogP) is 21.4. The Morgan fingerprint density at radius 1 is 0.329 bits per heavy atom. The molecular formula is C67H133NO5. The van der Waals surface area contributed by atoms with Gasteiger partial charge in [0.05, 0.1) is 25.4 Å². The van der Waals surface area contributed by atoms with Crippen LogP contribution in [0.2, 0.25) is 0 Å². The molecular weight excluding hydrogens is 899 g/mol. The minimum atomic E-state index is -0.662. The van der Waals surface area contributed by atoms with Crippen molar-refractivity contribution in [2.45, 2.75) is 405 Å². The highest BCUT2D eigenvalue weighted by Gasteiger charge is 2.20. The summed E-state index contributed by atoms with van der Waals surface area (Å²) < 4.78 is 5.50. The lowest BCUT2D eigenvalue weighted by atomic mass is 10.0. The van der Waals surface area contributed by atoms with E-state index >= 15 is 0 Å². The highest BCUT2D eigenvalue weighted by atomic mass is 16.5. The number of aliphatic hydroxyl groups excluding tert-OH is 2. The summed E-state index contributed by atoms with van der Waals surface area (Å²) in [5, 5.41) is 23.3. The van der Waals surface area contributed by atoms with Crippen LogP contribution in [0.5, 0.6) is 0 Å². The summed E-state index contributed by atoms with van der Waals surface area (Å²) in [6.45, 7) is 5.00. The van der Waals surface area contributed by atoms with E-state index in [2.05, 4.69) is 19.2 Å². The number of carbonyl (C=O) groups excluding carboxylic acids is 2. The number of rotatable bonds is 64. The average molecular weight is 1030 g/mol. The van der Waals surface area contributed by atoms with Crippen LogP contribution in [0.3, 0.4) is 0 Å². The predicted molar refractivity (Wildman–Crippen MR) is 320 cm³/mol. The molecule has 0 radical (unpaired) electrons. The molecule has 3 N–H and O–H groups in total. The normalized spacial score (nSPS) is 12.4. The van der Waals surface area contributed by atoms with Crippen molar-refractivity contribution >= 4 is 11.9 Å². The second-order valence-corrected chi connectivity index (χ2v) is 23.5. The maximum Gasteiger partial charge on any atom is 0.305 e. The largest absolute Gasteiger partial charge is 0.466 e. The molecule has 1 amide bonds. The van der Waals surface area contributed by atoms with E-state index in [1.807, 2.05) is 0 Å². The third-order valence-electron chi connectivity index (χ3n) is 16.2. The van der Waals surface area contributed by atoms with Gasteiger partial charge in [0, 0.05) is 12.8 Å². The fraction of sp³-hybridized carbons (Fsp3) is 0.970. The molecule has 0 saturated carbocycles. The number of carbonyl (C=O) groups is 2. The molecule has 0 aliphatic heterocycles. The van der Waals surface area contributed by atoms with Crippen molar-refractivity contribution < 1.29 is 24.5 Å². The third-order valence-corrected chi connectivity index (χ3v) is 16.2. The van der Waals surface area contributed by atoms with Crippen molar-refractivity contribution in [3.05, 3.63) is 0 Å². The van der Waals surface area contributed by atoms with Gasteiger partial charge in [-0.2, -0.15) is 0 Å². The Balaban J connectivity index is 3.34. The Morgan fingerprint density at radius 3 is 0.836 bits per heavy atom. The van der Waals surface area contributed by atoms with Crippen molar-refractivity contribution in [3.63, 3.8) is 0 Å². The molecule has 0 heterocycles. The highest BCUT2D eigenvalue weighted by molar-refractivity contribution is 5.76. The molecule has 0 aliphatic carbocycles. The maximum absolute atomic E-state index is 12.5. The highest BCUT2D eigenvalue weighted by Crippen LogP contribution is 2.19. The van der Waals surface area contributed by atoms with Crippen LogP contribution in [0.15, 0.2) is 0 Å². The first-order chi connectivity index (χ1) is 36.0. The molecule has 73 heavy (non-hydrogen) atoms. The first kappa shape index (κ1) is 71.9. The van der Waals surface area contributed by atoms with Gasteiger partial charge in [-0.15, -0.1) is 0 Å². The molecule has 0 fully saturated rings. The number of esters is 1. The van der Waals surface area contributed by atoms with Gasteiger partial charge in [-0.25, -0.2) is 0 Å². The molecule has 0 spiro atoms. The van der Waals surface area contributed by atoms with Crippen molar-refractivity contribution in [1.82, 2.24) is 5.32 Å². The Bertz CT molecular complexity index is 1050. The van der Waals surface area contributed by atoms with Crippen LogP contribution in [-0.4, -0.2) is 47.4 Å². The van der Waals surface area contributed by atoms with E-state index in [4.69, 9.17) is 4.74 Å². The lowest BCUT2D eigenvalue weighted by Gasteiger charge is -2.22. The topological polar surface area (TPSA) is 95.9 Å². The lowest BCUT2D eigenvalue weighted by molar-refractivity contribution is -0.143. The van der Waals surface area contributed by atoms with Gasteiger partial charge in [-0.05, 0) is 25.7 Å². The van der Waals surface area contributed by atoms with E-state index in [1.54, 1.807) is 0 Å². The molecule has 0 bridgehead atoms. The smallest absolute Gasteiger partial charge is 0.305 e. The molecule has 6 nitrogen and oxygen atoms in total. The molecule has 6 heteroatoms. The van der Waals surface area contributed by atoms with Crippen LogP contribution in [-0.2, 0) is 14.3 Å². The molecule has 0 aromatic rings. The van der Waals surface area contributed by atoms with Crippen molar-refractivity contribution in [1.29, 1.82) is 0 Å². The molecule has 0 saturated heterocycles. The van der Waals surface area contributed by atoms with E-state index in [0.717, 1.165) is 38.5 Å². The first-order valence-electron chi connectivity index (χ1n) is 33.8. The molecule has 436 valence electrons.